The topological polar surface area (TPSA) is 58.5 Å². The molecule has 2 rings (SSSR count). The summed E-state index contributed by atoms with van der Waals surface area (Å²) >= 11 is 1.76. The molecule has 5 nitrogen and oxygen atoms in total. The van der Waals surface area contributed by atoms with Crippen molar-refractivity contribution in [3.63, 3.8) is 0 Å². The summed E-state index contributed by atoms with van der Waals surface area (Å²) in [7, 11) is 1.81. The van der Waals surface area contributed by atoms with Gasteiger partial charge < -0.3 is 15.4 Å². The highest BCUT2D eigenvalue weighted by atomic mass is 127. The number of aromatic nitrogens is 1. The number of guanidine groups is 1. The molecule has 7 heteroatoms. The first kappa shape index (κ1) is 24.8. The molecule has 0 radical (unpaired) electrons. The fourth-order valence-electron chi connectivity index (χ4n) is 2.63. The first-order valence-electron chi connectivity index (χ1n) is 9.64. The lowest BCUT2D eigenvalue weighted by molar-refractivity contribution is 0.0931. The molecule has 0 spiro atoms. The minimum atomic E-state index is 0. The lowest BCUT2D eigenvalue weighted by atomic mass is 10.2. The third-order valence-electron chi connectivity index (χ3n) is 4.13. The molecule has 2 aromatic rings. The SMILES string of the molecule is CN=C(NCCCCc1nc(C)cs1)NCC(C)COCc1ccccc1.I. The third-order valence-corrected chi connectivity index (χ3v) is 5.16. The van der Waals surface area contributed by atoms with Gasteiger partial charge in [0.2, 0.25) is 0 Å². The smallest absolute Gasteiger partial charge is 0.190 e. The second-order valence-electron chi connectivity index (χ2n) is 6.83. The van der Waals surface area contributed by atoms with Crippen LogP contribution in [0.5, 0.6) is 0 Å². The Morgan fingerprint density at radius 1 is 1.21 bits per heavy atom. The van der Waals surface area contributed by atoms with Gasteiger partial charge in [-0.25, -0.2) is 4.98 Å². The Kier molecular flexibility index (Phi) is 13.1. The van der Waals surface area contributed by atoms with Crippen LogP contribution in [-0.4, -0.2) is 37.7 Å². The number of hydrogen-bond acceptors (Lipinski definition) is 4. The molecule has 28 heavy (non-hydrogen) atoms. The number of nitrogens with zero attached hydrogens (tertiary/aromatic N) is 2. The molecule has 1 heterocycles. The Hall–Kier alpha value is -1.19. The van der Waals surface area contributed by atoms with E-state index in [0.717, 1.165) is 50.6 Å². The standard InChI is InChI=1S/C21H32N4OS.HI/c1-17(14-26-15-19-9-5-4-6-10-19)13-24-21(22-3)23-12-8-7-11-20-25-18(2)16-27-20;/h4-6,9-10,16-17H,7-8,11-15H2,1-3H3,(H2,22,23,24);1H. The maximum absolute atomic E-state index is 5.80. The van der Waals surface area contributed by atoms with Crippen molar-refractivity contribution >= 4 is 41.3 Å². The van der Waals surface area contributed by atoms with Crippen LogP contribution in [0.4, 0.5) is 0 Å². The average Bonchev–Trinajstić information content (AvgIpc) is 3.10. The number of hydrogen-bond donors (Lipinski definition) is 2. The molecule has 0 aliphatic heterocycles. The molecule has 156 valence electrons. The predicted octanol–water partition coefficient (Wildman–Crippen LogP) is 4.41. The summed E-state index contributed by atoms with van der Waals surface area (Å²) in [4.78, 5) is 8.79. The van der Waals surface area contributed by atoms with Crippen LogP contribution in [0.3, 0.4) is 0 Å². The van der Waals surface area contributed by atoms with Gasteiger partial charge >= 0.3 is 0 Å². The van der Waals surface area contributed by atoms with Gasteiger partial charge in [-0.15, -0.1) is 35.3 Å². The van der Waals surface area contributed by atoms with E-state index in [1.807, 2.05) is 32.2 Å². The number of unbranched alkanes of at least 4 members (excludes halogenated alkanes) is 1. The minimum Gasteiger partial charge on any atom is -0.376 e. The highest BCUT2D eigenvalue weighted by molar-refractivity contribution is 14.0. The number of halogens is 1. The van der Waals surface area contributed by atoms with E-state index in [0.29, 0.717) is 12.5 Å². The van der Waals surface area contributed by atoms with Crippen molar-refractivity contribution in [2.24, 2.45) is 10.9 Å². The molecule has 2 N–H and O–H groups in total. The molecule has 1 atom stereocenters. The van der Waals surface area contributed by atoms with Crippen LogP contribution in [0.2, 0.25) is 0 Å². The summed E-state index contributed by atoms with van der Waals surface area (Å²) in [6, 6.07) is 10.3. The Morgan fingerprint density at radius 3 is 2.68 bits per heavy atom. The van der Waals surface area contributed by atoms with E-state index in [9.17, 15) is 0 Å². The molecule has 0 amide bonds. The third kappa shape index (κ3) is 10.4. The Labute approximate surface area is 190 Å². The molecule has 0 aliphatic carbocycles. The molecule has 0 saturated heterocycles. The highest BCUT2D eigenvalue weighted by Gasteiger charge is 2.05. The van der Waals surface area contributed by atoms with E-state index < -0.39 is 0 Å². The van der Waals surface area contributed by atoms with E-state index in [1.54, 1.807) is 11.3 Å². The quantitative estimate of drug-likeness (QED) is 0.201. The van der Waals surface area contributed by atoms with Gasteiger partial charge in [-0.2, -0.15) is 0 Å². The maximum Gasteiger partial charge on any atom is 0.190 e. The van der Waals surface area contributed by atoms with Crippen LogP contribution < -0.4 is 10.6 Å². The molecule has 1 unspecified atom stereocenters. The summed E-state index contributed by atoms with van der Waals surface area (Å²) in [5.74, 6) is 1.27. The monoisotopic (exact) mass is 516 g/mol. The number of aliphatic imine (C=N–C) groups is 1. The Bertz CT molecular complexity index is 678. The molecule has 0 bridgehead atoms. The van der Waals surface area contributed by atoms with Gasteiger partial charge in [0.25, 0.3) is 0 Å². The highest BCUT2D eigenvalue weighted by Crippen LogP contribution is 2.11. The normalized spacial score (nSPS) is 12.3. The minimum absolute atomic E-state index is 0. The van der Waals surface area contributed by atoms with Crippen molar-refractivity contribution in [3.8, 4) is 0 Å². The van der Waals surface area contributed by atoms with Gasteiger partial charge in [0, 0.05) is 31.2 Å². The van der Waals surface area contributed by atoms with Crippen LogP contribution in [0.25, 0.3) is 0 Å². The Balaban J connectivity index is 0.00000392. The predicted molar refractivity (Wildman–Crippen MR) is 130 cm³/mol. The van der Waals surface area contributed by atoms with Gasteiger partial charge in [-0.1, -0.05) is 37.3 Å². The van der Waals surface area contributed by atoms with Crippen molar-refractivity contribution in [1.29, 1.82) is 0 Å². The maximum atomic E-state index is 5.80. The second-order valence-corrected chi connectivity index (χ2v) is 7.77. The fraction of sp³-hybridized carbons (Fsp3) is 0.524. The van der Waals surface area contributed by atoms with Crippen molar-refractivity contribution < 1.29 is 4.74 Å². The van der Waals surface area contributed by atoms with Gasteiger partial charge in [0.15, 0.2) is 5.96 Å². The molecule has 1 aromatic carbocycles. The van der Waals surface area contributed by atoms with Crippen molar-refractivity contribution in [3.05, 3.63) is 52.0 Å². The summed E-state index contributed by atoms with van der Waals surface area (Å²) < 4.78 is 5.80. The van der Waals surface area contributed by atoms with Crippen molar-refractivity contribution in [1.82, 2.24) is 15.6 Å². The molecule has 0 fully saturated rings. The number of aryl methyl sites for hydroxylation is 2. The number of rotatable bonds is 11. The summed E-state index contributed by atoms with van der Waals surface area (Å²) in [5.41, 5.74) is 2.34. The van der Waals surface area contributed by atoms with E-state index in [2.05, 4.69) is 45.0 Å². The van der Waals surface area contributed by atoms with Crippen molar-refractivity contribution in [2.45, 2.75) is 39.7 Å². The fourth-order valence-corrected chi connectivity index (χ4v) is 3.45. The zero-order valence-electron chi connectivity index (χ0n) is 17.1. The number of nitrogens with one attached hydrogen (secondary N) is 2. The zero-order valence-corrected chi connectivity index (χ0v) is 20.3. The lowest BCUT2D eigenvalue weighted by Gasteiger charge is -2.16. The summed E-state index contributed by atoms with van der Waals surface area (Å²) in [5, 5.41) is 10.1. The van der Waals surface area contributed by atoms with E-state index in [1.165, 1.54) is 10.6 Å². The van der Waals surface area contributed by atoms with Gasteiger partial charge in [-0.3, -0.25) is 4.99 Å². The number of benzene rings is 1. The second kappa shape index (κ2) is 14.8. The van der Waals surface area contributed by atoms with Crippen LogP contribution in [-0.2, 0) is 17.8 Å². The largest absolute Gasteiger partial charge is 0.376 e. The van der Waals surface area contributed by atoms with Crippen LogP contribution in [0.15, 0.2) is 40.7 Å². The van der Waals surface area contributed by atoms with Crippen LogP contribution in [0, 0.1) is 12.8 Å². The lowest BCUT2D eigenvalue weighted by Crippen LogP contribution is -2.40. The average molecular weight is 516 g/mol. The summed E-state index contributed by atoms with van der Waals surface area (Å²) in [6.45, 7) is 7.38. The Morgan fingerprint density at radius 2 is 2.00 bits per heavy atom. The van der Waals surface area contributed by atoms with Crippen LogP contribution in [0.1, 0.15) is 36.0 Å². The van der Waals surface area contributed by atoms with E-state index in [-0.39, 0.29) is 24.0 Å². The zero-order chi connectivity index (χ0) is 19.3. The van der Waals surface area contributed by atoms with E-state index >= 15 is 0 Å². The molecule has 0 saturated carbocycles. The van der Waals surface area contributed by atoms with Crippen molar-refractivity contribution in [2.75, 3.05) is 26.7 Å². The molecular formula is C21H33IN4OS. The van der Waals surface area contributed by atoms with Gasteiger partial charge in [0.1, 0.15) is 0 Å². The molecular weight excluding hydrogens is 483 g/mol. The van der Waals surface area contributed by atoms with Gasteiger partial charge in [-0.05, 0) is 37.7 Å². The van der Waals surface area contributed by atoms with Gasteiger partial charge in [0.05, 0.1) is 18.2 Å². The molecule has 1 aromatic heterocycles. The summed E-state index contributed by atoms with van der Waals surface area (Å²) in [6.07, 6.45) is 3.30. The van der Waals surface area contributed by atoms with E-state index in [4.69, 9.17) is 4.74 Å². The number of thiazole rings is 1. The first-order chi connectivity index (χ1) is 13.2. The first-order valence-corrected chi connectivity index (χ1v) is 10.5. The van der Waals surface area contributed by atoms with Crippen LogP contribution >= 0.6 is 35.3 Å². The molecule has 0 aliphatic rings. The number of ether oxygens (including phenoxy) is 1.